The summed E-state index contributed by atoms with van der Waals surface area (Å²) in [5.41, 5.74) is -0.416. The summed E-state index contributed by atoms with van der Waals surface area (Å²) in [6, 6.07) is 1.02. The summed E-state index contributed by atoms with van der Waals surface area (Å²) in [5, 5.41) is 3.49. The molecule has 1 rings (SSSR count). The first-order valence-electron chi connectivity index (χ1n) is 6.46. The SMILES string of the molecule is CC(C)N[C@H]1CCN(C(=O)OC(C)(C)C)[C@@H]1C. The number of rotatable bonds is 2. The van der Waals surface area contributed by atoms with E-state index in [2.05, 4.69) is 26.1 Å². The van der Waals surface area contributed by atoms with E-state index < -0.39 is 5.60 Å². The van der Waals surface area contributed by atoms with Crippen LogP contribution in [-0.2, 0) is 4.74 Å². The number of carbonyl (C=O) groups is 1. The van der Waals surface area contributed by atoms with Gasteiger partial charge in [0.25, 0.3) is 0 Å². The summed E-state index contributed by atoms with van der Waals surface area (Å²) in [7, 11) is 0. The van der Waals surface area contributed by atoms with Gasteiger partial charge in [-0.05, 0) is 34.1 Å². The predicted octanol–water partition coefficient (Wildman–Crippen LogP) is 2.38. The molecule has 1 amide bonds. The maximum atomic E-state index is 12.0. The average Bonchev–Trinajstić information content (AvgIpc) is 2.44. The lowest BCUT2D eigenvalue weighted by atomic mass is 10.1. The summed E-state index contributed by atoms with van der Waals surface area (Å²) in [6.07, 6.45) is 0.802. The number of ether oxygens (including phenoxy) is 1. The molecule has 1 aliphatic rings. The smallest absolute Gasteiger partial charge is 0.410 e. The van der Waals surface area contributed by atoms with Gasteiger partial charge in [-0.2, -0.15) is 0 Å². The van der Waals surface area contributed by atoms with Gasteiger partial charge in [0.15, 0.2) is 0 Å². The van der Waals surface area contributed by atoms with E-state index in [4.69, 9.17) is 4.74 Å². The third-order valence-corrected chi connectivity index (χ3v) is 2.93. The van der Waals surface area contributed by atoms with Crippen molar-refractivity contribution in [1.82, 2.24) is 10.2 Å². The summed E-state index contributed by atoms with van der Waals surface area (Å²) in [4.78, 5) is 13.8. The van der Waals surface area contributed by atoms with Crippen molar-refractivity contribution in [2.24, 2.45) is 0 Å². The number of likely N-dealkylation sites (tertiary alicyclic amines) is 1. The number of nitrogens with zero attached hydrogens (tertiary/aromatic N) is 1. The second-order valence-electron chi connectivity index (χ2n) is 6.13. The Morgan fingerprint density at radius 1 is 1.41 bits per heavy atom. The third kappa shape index (κ3) is 4.19. The number of amides is 1. The van der Waals surface area contributed by atoms with Crippen molar-refractivity contribution in [1.29, 1.82) is 0 Å². The molecule has 1 N–H and O–H groups in total. The van der Waals surface area contributed by atoms with Gasteiger partial charge in [0, 0.05) is 24.7 Å². The molecule has 4 nitrogen and oxygen atoms in total. The topological polar surface area (TPSA) is 41.6 Å². The van der Waals surface area contributed by atoms with Gasteiger partial charge in [0.1, 0.15) is 5.60 Å². The highest BCUT2D eigenvalue weighted by molar-refractivity contribution is 5.69. The van der Waals surface area contributed by atoms with Crippen LogP contribution in [0.5, 0.6) is 0 Å². The van der Waals surface area contributed by atoms with Crippen molar-refractivity contribution in [3.05, 3.63) is 0 Å². The van der Waals surface area contributed by atoms with Gasteiger partial charge in [-0.3, -0.25) is 0 Å². The minimum atomic E-state index is -0.416. The summed E-state index contributed by atoms with van der Waals surface area (Å²) >= 11 is 0. The van der Waals surface area contributed by atoms with Crippen LogP contribution in [0.15, 0.2) is 0 Å². The number of hydrogen-bond acceptors (Lipinski definition) is 3. The fraction of sp³-hybridized carbons (Fsp3) is 0.923. The monoisotopic (exact) mass is 242 g/mol. The van der Waals surface area contributed by atoms with E-state index in [1.807, 2.05) is 25.7 Å². The molecule has 0 aromatic rings. The molecule has 0 bridgehead atoms. The van der Waals surface area contributed by atoms with E-state index in [9.17, 15) is 4.79 Å². The molecule has 0 aliphatic carbocycles. The Hall–Kier alpha value is -0.770. The van der Waals surface area contributed by atoms with E-state index >= 15 is 0 Å². The Morgan fingerprint density at radius 3 is 2.47 bits per heavy atom. The van der Waals surface area contributed by atoms with Crippen LogP contribution in [0.1, 0.15) is 48.0 Å². The van der Waals surface area contributed by atoms with Crippen molar-refractivity contribution >= 4 is 6.09 Å². The zero-order chi connectivity index (χ0) is 13.2. The van der Waals surface area contributed by atoms with Gasteiger partial charge in [0.2, 0.25) is 0 Å². The minimum Gasteiger partial charge on any atom is -0.444 e. The second kappa shape index (κ2) is 5.25. The molecule has 1 saturated heterocycles. The first-order valence-corrected chi connectivity index (χ1v) is 6.46. The molecule has 100 valence electrons. The van der Waals surface area contributed by atoms with Crippen molar-refractivity contribution < 1.29 is 9.53 Å². The molecule has 0 aromatic heterocycles. The maximum Gasteiger partial charge on any atom is 0.410 e. The zero-order valence-electron chi connectivity index (χ0n) is 11.9. The van der Waals surface area contributed by atoms with Crippen LogP contribution in [-0.4, -0.2) is 41.3 Å². The van der Waals surface area contributed by atoms with Crippen LogP contribution in [0.25, 0.3) is 0 Å². The quantitative estimate of drug-likeness (QED) is 0.808. The maximum absolute atomic E-state index is 12.0. The average molecular weight is 242 g/mol. The predicted molar refractivity (Wildman–Crippen MR) is 69.1 cm³/mol. The zero-order valence-corrected chi connectivity index (χ0v) is 11.9. The fourth-order valence-corrected chi connectivity index (χ4v) is 2.17. The lowest BCUT2D eigenvalue weighted by Crippen LogP contribution is -2.46. The Labute approximate surface area is 105 Å². The first-order chi connectivity index (χ1) is 7.70. The molecule has 1 aliphatic heterocycles. The molecule has 0 spiro atoms. The van der Waals surface area contributed by atoms with E-state index in [1.54, 1.807) is 0 Å². The summed E-state index contributed by atoms with van der Waals surface area (Å²) in [5.74, 6) is 0. The van der Waals surface area contributed by atoms with Gasteiger partial charge < -0.3 is 15.0 Å². The molecular weight excluding hydrogens is 216 g/mol. The molecule has 1 fully saturated rings. The van der Waals surface area contributed by atoms with Crippen LogP contribution < -0.4 is 5.32 Å². The van der Waals surface area contributed by atoms with E-state index in [0.717, 1.165) is 13.0 Å². The molecule has 0 unspecified atom stereocenters. The third-order valence-electron chi connectivity index (χ3n) is 2.93. The lowest BCUT2D eigenvalue weighted by Gasteiger charge is -2.29. The van der Waals surface area contributed by atoms with Crippen LogP contribution in [0.3, 0.4) is 0 Å². The van der Waals surface area contributed by atoms with Gasteiger partial charge in [-0.25, -0.2) is 4.79 Å². The highest BCUT2D eigenvalue weighted by Gasteiger charge is 2.36. The van der Waals surface area contributed by atoms with E-state index in [0.29, 0.717) is 12.1 Å². The Bertz CT molecular complexity index is 271. The van der Waals surface area contributed by atoms with Gasteiger partial charge in [0.05, 0.1) is 0 Å². The van der Waals surface area contributed by atoms with Crippen molar-refractivity contribution in [2.75, 3.05) is 6.54 Å². The van der Waals surface area contributed by atoms with Crippen molar-refractivity contribution in [3.63, 3.8) is 0 Å². The molecule has 0 radical (unpaired) electrons. The lowest BCUT2D eigenvalue weighted by molar-refractivity contribution is 0.0228. The highest BCUT2D eigenvalue weighted by Crippen LogP contribution is 2.21. The Morgan fingerprint density at radius 2 is 2.00 bits per heavy atom. The number of hydrogen-bond donors (Lipinski definition) is 1. The minimum absolute atomic E-state index is 0.196. The summed E-state index contributed by atoms with van der Waals surface area (Å²) in [6.45, 7) is 12.8. The molecule has 4 heteroatoms. The van der Waals surface area contributed by atoms with Crippen molar-refractivity contribution in [2.45, 2.75) is 71.7 Å². The normalized spacial score (nSPS) is 25.5. The van der Waals surface area contributed by atoms with Gasteiger partial charge in [-0.15, -0.1) is 0 Å². The fourth-order valence-electron chi connectivity index (χ4n) is 2.17. The van der Waals surface area contributed by atoms with E-state index in [1.165, 1.54) is 0 Å². The summed E-state index contributed by atoms with van der Waals surface area (Å²) < 4.78 is 5.40. The number of nitrogens with one attached hydrogen (secondary N) is 1. The Kier molecular flexibility index (Phi) is 4.42. The Balaban J connectivity index is 2.54. The number of carbonyl (C=O) groups excluding carboxylic acids is 1. The van der Waals surface area contributed by atoms with Crippen molar-refractivity contribution in [3.8, 4) is 0 Å². The van der Waals surface area contributed by atoms with Crippen LogP contribution >= 0.6 is 0 Å². The van der Waals surface area contributed by atoms with E-state index in [-0.39, 0.29) is 12.1 Å². The van der Waals surface area contributed by atoms with Gasteiger partial charge in [-0.1, -0.05) is 13.8 Å². The van der Waals surface area contributed by atoms with Gasteiger partial charge >= 0.3 is 6.09 Å². The molecule has 0 aromatic carbocycles. The standard InChI is InChI=1S/C13H26N2O2/c1-9(2)14-11-7-8-15(10(11)3)12(16)17-13(4,5)6/h9-11,14H,7-8H2,1-6H3/t10-,11+/m1/s1. The first kappa shape index (κ1) is 14.3. The molecule has 2 atom stereocenters. The van der Waals surface area contributed by atoms with Crippen LogP contribution in [0.4, 0.5) is 4.79 Å². The molecule has 0 saturated carbocycles. The molecular formula is C13H26N2O2. The van der Waals surface area contributed by atoms with Crippen LogP contribution in [0.2, 0.25) is 0 Å². The second-order valence-corrected chi connectivity index (χ2v) is 6.13. The largest absolute Gasteiger partial charge is 0.444 e. The molecule has 1 heterocycles. The van der Waals surface area contributed by atoms with Crippen LogP contribution in [0, 0.1) is 0 Å². The molecule has 17 heavy (non-hydrogen) atoms. The highest BCUT2D eigenvalue weighted by atomic mass is 16.6.